The first kappa shape index (κ1) is 67.5. The smallest absolute Gasteiger partial charge is 0.307 e. The fourth-order valence-electron chi connectivity index (χ4n) is 9.03. The van der Waals surface area contributed by atoms with Crippen molar-refractivity contribution >= 4 is 80.6 Å². The number of ketones is 3. The molecule has 458 valence electrons. The SMILES string of the molecule is Cc1cc(OCCCS(C)(=O)=O)cc(C)c1-c1cccc(COc2ccc3c(CC(=O)O)coc3c2)c1.O=C(C=Cc1ccccc1)C=Cc1ccccc1.O=C(C=Cc1ccccc1)C=Cc1ccccc1.O=C(C=Cc1ccccc1)C=Cc1ccccc1. The van der Waals surface area contributed by atoms with E-state index in [1.807, 2.05) is 269 Å². The molecule has 0 saturated heterocycles. The van der Waals surface area contributed by atoms with Crippen molar-refractivity contribution in [2.75, 3.05) is 18.6 Å². The highest BCUT2D eigenvalue weighted by Crippen LogP contribution is 2.33. The van der Waals surface area contributed by atoms with E-state index in [0.29, 0.717) is 36.5 Å². The highest BCUT2D eigenvalue weighted by Gasteiger charge is 2.13. The lowest BCUT2D eigenvalue weighted by molar-refractivity contribution is -0.136. The number of hydrogen-bond donors (Lipinski definition) is 1. The van der Waals surface area contributed by atoms with Crippen LogP contribution in [0, 0.1) is 13.8 Å². The summed E-state index contributed by atoms with van der Waals surface area (Å²) in [7, 11) is -2.99. The zero-order valence-electron chi connectivity index (χ0n) is 51.1. The van der Waals surface area contributed by atoms with Gasteiger partial charge in [0.25, 0.3) is 0 Å². The van der Waals surface area contributed by atoms with Gasteiger partial charge < -0.3 is 19.0 Å². The number of carbonyl (C=O) groups is 4. The fourth-order valence-corrected chi connectivity index (χ4v) is 9.67. The molecule has 0 saturated carbocycles. The quantitative estimate of drug-likeness (QED) is 0.0483. The third-order valence-electron chi connectivity index (χ3n) is 13.5. The molecular weight excluding hydrogens is 1150 g/mol. The Hall–Kier alpha value is -11.0. The maximum atomic E-state index is 11.6. The molecule has 0 aliphatic heterocycles. The molecule has 0 atom stereocenters. The molecule has 1 aromatic heterocycles. The number of benzene rings is 9. The van der Waals surface area contributed by atoms with Gasteiger partial charge in [0.15, 0.2) is 17.3 Å². The second kappa shape index (κ2) is 36.3. The van der Waals surface area contributed by atoms with Gasteiger partial charge in [0.2, 0.25) is 0 Å². The minimum Gasteiger partial charge on any atom is -0.494 e. The molecule has 11 heteroatoms. The second-order valence-electron chi connectivity index (χ2n) is 20.9. The molecule has 0 bridgehead atoms. The Bertz CT molecular complexity index is 3810. The highest BCUT2D eigenvalue weighted by molar-refractivity contribution is 7.90. The van der Waals surface area contributed by atoms with Gasteiger partial charge in [-0.1, -0.05) is 237 Å². The summed E-state index contributed by atoms with van der Waals surface area (Å²) in [6.07, 6.45) is 23.4. The second-order valence-corrected chi connectivity index (χ2v) is 23.2. The molecule has 0 aliphatic carbocycles. The molecule has 0 unspecified atom stereocenters. The number of aryl methyl sites for hydroxylation is 2. The number of carbonyl (C=O) groups excluding carboxylic acids is 3. The summed E-state index contributed by atoms with van der Waals surface area (Å²) in [5, 5.41) is 9.81. The van der Waals surface area contributed by atoms with E-state index in [0.717, 1.165) is 72.3 Å². The van der Waals surface area contributed by atoms with E-state index in [-0.39, 0.29) is 29.5 Å². The average molecular weight is 1230 g/mol. The van der Waals surface area contributed by atoms with E-state index in [9.17, 15) is 27.6 Å². The van der Waals surface area contributed by atoms with Gasteiger partial charge >= 0.3 is 5.97 Å². The molecule has 0 fully saturated rings. The lowest BCUT2D eigenvalue weighted by atomic mass is 9.94. The van der Waals surface area contributed by atoms with Gasteiger partial charge in [-0.3, -0.25) is 19.2 Å². The van der Waals surface area contributed by atoms with Gasteiger partial charge in [0.05, 0.1) is 25.0 Å². The Morgan fingerprint density at radius 2 is 0.835 bits per heavy atom. The molecule has 10 aromatic rings. The number of carboxylic acid groups (broad SMARTS) is 1. The van der Waals surface area contributed by atoms with Crippen LogP contribution in [-0.2, 0) is 42.0 Å². The Morgan fingerprint density at radius 1 is 0.451 bits per heavy atom. The summed E-state index contributed by atoms with van der Waals surface area (Å²) >= 11 is 0. The van der Waals surface area contributed by atoms with E-state index in [2.05, 4.69) is 12.1 Å². The van der Waals surface area contributed by atoms with Crippen LogP contribution in [0.3, 0.4) is 0 Å². The zero-order chi connectivity index (χ0) is 64.5. The summed E-state index contributed by atoms with van der Waals surface area (Å²) < 4.78 is 39.9. The average Bonchev–Trinajstić information content (AvgIpc) is 1.94. The summed E-state index contributed by atoms with van der Waals surface area (Å²) in [5.41, 5.74) is 12.7. The molecule has 91 heavy (non-hydrogen) atoms. The maximum Gasteiger partial charge on any atom is 0.307 e. The molecule has 9 aromatic carbocycles. The van der Waals surface area contributed by atoms with Crippen LogP contribution in [0.15, 0.2) is 284 Å². The standard InChI is InChI=1S/C29H30O7S.3C17H14O/c1-19-12-25(34-10-5-11-37(3,32)33)13-20(2)29(19)22-7-4-6-21(14-22)17-35-24-8-9-26-23(15-28(30)31)18-36-27(26)16-24;3*18-17(13-11-15-7-3-1-4-8-15)14-12-16-9-5-2-6-10-16/h4,6-9,12-14,16,18H,5,10-11,15,17H2,1-3H3,(H,30,31);3*1-14H. The van der Waals surface area contributed by atoms with Gasteiger partial charge in [-0.15, -0.1) is 0 Å². The Balaban J connectivity index is 0.000000184. The summed E-state index contributed by atoms with van der Waals surface area (Å²) in [5.74, 6) is 0.540. The number of fused-ring (bicyclic) bond motifs is 1. The van der Waals surface area contributed by atoms with E-state index in [1.54, 1.807) is 42.5 Å². The van der Waals surface area contributed by atoms with Crippen molar-refractivity contribution in [1.82, 2.24) is 0 Å². The normalized spacial score (nSPS) is 11.3. The topological polar surface area (TPSA) is 154 Å². The Kier molecular flexibility index (Phi) is 27.0. The minimum atomic E-state index is -2.99. The molecule has 10 nitrogen and oxygen atoms in total. The molecule has 0 radical (unpaired) electrons. The largest absolute Gasteiger partial charge is 0.494 e. The fraction of sp³-hybridized carbons (Fsp3) is 0.100. The van der Waals surface area contributed by atoms with Crippen LogP contribution in [0.4, 0.5) is 0 Å². The third kappa shape index (κ3) is 25.3. The van der Waals surface area contributed by atoms with Crippen molar-refractivity contribution < 1.29 is 46.6 Å². The molecule has 10 rings (SSSR count). The number of rotatable bonds is 23. The summed E-state index contributed by atoms with van der Waals surface area (Å²) in [4.78, 5) is 45.9. The first-order valence-electron chi connectivity index (χ1n) is 29.5. The van der Waals surface area contributed by atoms with Crippen LogP contribution in [0.2, 0.25) is 0 Å². The zero-order valence-corrected chi connectivity index (χ0v) is 51.9. The maximum absolute atomic E-state index is 11.6. The van der Waals surface area contributed by atoms with E-state index < -0.39 is 15.8 Å². The number of furan rings is 1. The third-order valence-corrected chi connectivity index (χ3v) is 14.5. The van der Waals surface area contributed by atoms with Crippen molar-refractivity contribution in [2.45, 2.75) is 33.3 Å². The van der Waals surface area contributed by atoms with Gasteiger partial charge in [-0.2, -0.15) is 0 Å². The number of aliphatic carboxylic acids is 1. The molecule has 0 spiro atoms. The molecule has 0 aliphatic rings. The number of allylic oxidation sites excluding steroid dienone is 6. The monoisotopic (exact) mass is 1220 g/mol. The highest BCUT2D eigenvalue weighted by atomic mass is 32.2. The van der Waals surface area contributed by atoms with Crippen LogP contribution in [0.25, 0.3) is 58.6 Å². The van der Waals surface area contributed by atoms with Crippen LogP contribution in [0.1, 0.15) is 62.1 Å². The molecule has 0 amide bonds. The van der Waals surface area contributed by atoms with Crippen molar-refractivity contribution in [3.05, 3.63) is 335 Å². The van der Waals surface area contributed by atoms with Crippen LogP contribution in [0.5, 0.6) is 11.5 Å². The van der Waals surface area contributed by atoms with Crippen LogP contribution >= 0.6 is 0 Å². The number of ether oxygens (including phenoxy) is 2. The van der Waals surface area contributed by atoms with Gasteiger partial charge in [-0.05, 0) is 148 Å². The van der Waals surface area contributed by atoms with Crippen molar-refractivity contribution in [3.8, 4) is 22.6 Å². The number of sulfone groups is 1. The van der Waals surface area contributed by atoms with Gasteiger partial charge in [-0.25, -0.2) is 8.42 Å². The predicted octanol–water partition coefficient (Wildman–Crippen LogP) is 17.7. The predicted molar refractivity (Wildman–Crippen MR) is 371 cm³/mol. The van der Waals surface area contributed by atoms with Crippen molar-refractivity contribution in [3.63, 3.8) is 0 Å². The van der Waals surface area contributed by atoms with Crippen molar-refractivity contribution in [1.29, 1.82) is 0 Å². The molecule has 1 N–H and O–H groups in total. The van der Waals surface area contributed by atoms with Crippen LogP contribution in [-0.4, -0.2) is 55.5 Å². The summed E-state index contributed by atoms with van der Waals surface area (Å²) in [6.45, 7) is 4.78. The van der Waals surface area contributed by atoms with Crippen LogP contribution < -0.4 is 9.47 Å². The minimum absolute atomic E-state index is 0.0114. The van der Waals surface area contributed by atoms with Gasteiger partial charge in [0.1, 0.15) is 33.5 Å². The van der Waals surface area contributed by atoms with E-state index in [1.165, 1.54) is 12.5 Å². The molecular formula is C80H72O10S. The Morgan fingerprint density at radius 3 is 1.20 bits per heavy atom. The van der Waals surface area contributed by atoms with E-state index >= 15 is 0 Å². The number of hydrogen-bond acceptors (Lipinski definition) is 9. The first-order valence-corrected chi connectivity index (χ1v) is 31.5. The van der Waals surface area contributed by atoms with E-state index in [4.69, 9.17) is 19.0 Å². The summed E-state index contributed by atoms with van der Waals surface area (Å²) in [6, 6.07) is 76.2. The molecule has 1 heterocycles. The lowest BCUT2D eigenvalue weighted by Gasteiger charge is -2.15. The first-order chi connectivity index (χ1) is 44.1. The van der Waals surface area contributed by atoms with Crippen molar-refractivity contribution in [2.24, 2.45) is 0 Å². The Labute approximate surface area is 533 Å². The van der Waals surface area contributed by atoms with Gasteiger partial charge in [0, 0.05) is 23.3 Å². The number of carboxylic acids is 1. The lowest BCUT2D eigenvalue weighted by Crippen LogP contribution is -2.08.